The Bertz CT molecular complexity index is 141. The third kappa shape index (κ3) is 4.17. The molecule has 0 rings (SSSR count). The molecule has 0 spiro atoms. The summed E-state index contributed by atoms with van der Waals surface area (Å²) >= 11 is 23.2. The first-order valence-corrected chi connectivity index (χ1v) is 15.6. The first-order valence-electron chi connectivity index (χ1n) is 1.24. The van der Waals surface area contributed by atoms with E-state index in [0.29, 0.717) is 0 Å². The lowest BCUT2D eigenvalue weighted by atomic mass is 29.7. The fourth-order valence-corrected chi connectivity index (χ4v) is 0. The van der Waals surface area contributed by atoms with Crippen LogP contribution >= 0.6 is 68.2 Å². The van der Waals surface area contributed by atoms with Crippen LogP contribution in [0.2, 0.25) is 0 Å². The summed E-state index contributed by atoms with van der Waals surface area (Å²) in [4.78, 5) is 0. The van der Waals surface area contributed by atoms with Gasteiger partial charge in [0.25, 0.3) is 0 Å². The van der Waals surface area contributed by atoms with Crippen molar-refractivity contribution in [2.24, 2.45) is 0 Å². The van der Waals surface area contributed by atoms with E-state index in [1.54, 1.807) is 0 Å². The van der Waals surface area contributed by atoms with Crippen LogP contribution in [0.4, 0.5) is 0 Å². The van der Waals surface area contributed by atoms with E-state index in [2.05, 4.69) is 62.0 Å². The van der Waals surface area contributed by atoms with Crippen molar-refractivity contribution < 1.29 is 0 Å². The van der Waals surface area contributed by atoms with Gasteiger partial charge in [-0.1, -0.05) is 23.6 Å². The van der Waals surface area contributed by atoms with Crippen molar-refractivity contribution in [3.05, 3.63) is 0 Å². The van der Waals surface area contributed by atoms with Crippen molar-refractivity contribution in [3.63, 3.8) is 0 Å². The SMILES string of the molecule is S=P(Br)(Br)P(=S)(Br)Br. The Morgan fingerprint density at radius 1 is 0.750 bits per heavy atom. The van der Waals surface area contributed by atoms with Gasteiger partial charge in [0.2, 0.25) is 0 Å². The highest BCUT2D eigenvalue weighted by Crippen LogP contribution is 2.97. The number of hydrogen-bond donors (Lipinski definition) is 0. The first kappa shape index (κ1) is 11.2. The average Bonchev–Trinajstić information content (AvgIpc) is 1.25. The van der Waals surface area contributed by atoms with Crippen molar-refractivity contribution in [2.45, 2.75) is 0 Å². The van der Waals surface area contributed by atoms with E-state index in [9.17, 15) is 0 Å². The third-order valence-corrected chi connectivity index (χ3v) is 47.8. The Morgan fingerprint density at radius 2 is 0.875 bits per heavy atom. The maximum Gasteiger partial charge on any atom is 0.126 e. The third-order valence-electron chi connectivity index (χ3n) is 0.271. The van der Waals surface area contributed by atoms with Crippen LogP contribution in [0.3, 0.4) is 0 Å². The molecule has 0 aromatic carbocycles. The fraction of sp³-hybridized carbons (Fsp3) is 0. The topological polar surface area (TPSA) is 0 Å². The number of hydrogen-bond acceptors (Lipinski definition) is 2. The molecule has 0 aromatic rings. The molecular weight excluding hydrogens is 446 g/mol. The first-order chi connectivity index (χ1) is 3.25. The number of rotatable bonds is 1. The second-order valence-electron chi connectivity index (χ2n) is 0.869. The van der Waals surface area contributed by atoms with Gasteiger partial charge >= 0.3 is 0 Å². The lowest BCUT2D eigenvalue weighted by molar-refractivity contribution is 5.16. The van der Waals surface area contributed by atoms with Gasteiger partial charge in [-0.25, -0.2) is 0 Å². The summed E-state index contributed by atoms with van der Waals surface area (Å²) in [5.74, 6) is 0. The van der Waals surface area contributed by atoms with E-state index >= 15 is 0 Å². The van der Waals surface area contributed by atoms with Crippen LogP contribution in [-0.4, -0.2) is 0 Å². The zero-order valence-electron chi connectivity index (χ0n) is 3.22. The summed E-state index contributed by atoms with van der Waals surface area (Å²) in [6.45, 7) is 0. The van der Waals surface area contributed by atoms with Crippen molar-refractivity contribution in [1.29, 1.82) is 0 Å². The van der Waals surface area contributed by atoms with Crippen LogP contribution in [0.1, 0.15) is 0 Å². The number of halogens is 4. The molecule has 0 bridgehead atoms. The second-order valence-corrected chi connectivity index (χ2v) is 41.8. The molecule has 0 heterocycles. The molecule has 0 saturated heterocycles. The zero-order chi connectivity index (χ0) is 7.00. The highest BCUT2D eigenvalue weighted by Gasteiger charge is 2.23. The van der Waals surface area contributed by atoms with E-state index in [1.165, 1.54) is 0 Å². The monoisotopic (exact) mass is 442 g/mol. The molecule has 0 aliphatic heterocycles. The molecule has 0 aromatic heterocycles. The molecule has 0 N–H and O–H groups in total. The van der Waals surface area contributed by atoms with Crippen LogP contribution in [0.15, 0.2) is 0 Å². The van der Waals surface area contributed by atoms with Crippen LogP contribution in [0.25, 0.3) is 0 Å². The summed E-state index contributed by atoms with van der Waals surface area (Å²) in [7, 11) is 0. The smallest absolute Gasteiger partial charge is 0.0659 e. The van der Waals surface area contributed by atoms with Gasteiger partial charge in [0.1, 0.15) is 6.26 Å². The Hall–Kier alpha value is 3.22. The lowest BCUT2D eigenvalue weighted by Gasteiger charge is -2.09. The van der Waals surface area contributed by atoms with Gasteiger partial charge < -0.3 is 0 Å². The Morgan fingerprint density at radius 3 is 0.875 bits per heavy atom. The predicted molar refractivity (Wildman–Crippen MR) is 64.3 cm³/mol. The Labute approximate surface area is 90.4 Å². The van der Waals surface area contributed by atoms with Gasteiger partial charge in [0.15, 0.2) is 0 Å². The fourth-order valence-electron chi connectivity index (χ4n) is 0. The summed E-state index contributed by atoms with van der Waals surface area (Å²) in [5.41, 5.74) is 0. The van der Waals surface area contributed by atoms with Gasteiger partial charge in [0.05, 0.1) is 0 Å². The highest BCUT2D eigenvalue weighted by molar-refractivity contribution is 9.99. The zero-order valence-corrected chi connectivity index (χ0v) is 13.0. The Balaban J connectivity index is 4.53. The molecule has 0 fully saturated rings. The predicted octanol–water partition coefficient (Wildman–Crippen LogP) is 5.10. The lowest BCUT2D eigenvalue weighted by Crippen LogP contribution is -1.39. The Kier molecular flexibility index (Phi) is 5.26. The average molecular weight is 446 g/mol. The highest BCUT2D eigenvalue weighted by atomic mass is 79.9. The van der Waals surface area contributed by atoms with Gasteiger partial charge in [0, 0.05) is 0 Å². The minimum absolute atomic E-state index is 1.63. The quantitative estimate of drug-likeness (QED) is 0.515. The normalized spacial score (nSPS) is 14.0. The molecule has 8 heteroatoms. The molecule has 0 aliphatic rings. The van der Waals surface area contributed by atoms with Gasteiger partial charge in [-0.3, -0.25) is 0 Å². The maximum absolute atomic E-state index is 5.02. The molecule has 0 unspecified atom stereocenters. The molecule has 0 saturated carbocycles. The van der Waals surface area contributed by atoms with Gasteiger partial charge in [-0.05, 0) is 62.0 Å². The largest absolute Gasteiger partial charge is 0.126 e. The summed E-state index contributed by atoms with van der Waals surface area (Å²) < 4.78 is -3.26. The maximum atomic E-state index is 5.02. The van der Waals surface area contributed by atoms with Crippen molar-refractivity contribution in [3.8, 4) is 0 Å². The van der Waals surface area contributed by atoms with E-state index in [0.717, 1.165) is 0 Å². The van der Waals surface area contributed by atoms with Crippen molar-refractivity contribution >= 4 is 91.8 Å². The molecule has 8 heavy (non-hydrogen) atoms. The second kappa shape index (κ2) is 3.75. The summed E-state index contributed by atoms with van der Waals surface area (Å²) in [5, 5.41) is 0. The standard InChI is InChI=1S/Br4P2S2/c1-5(2,7)6(3,4)8. The van der Waals surface area contributed by atoms with Crippen LogP contribution in [-0.2, 0) is 23.6 Å². The van der Waals surface area contributed by atoms with Crippen molar-refractivity contribution in [1.82, 2.24) is 0 Å². The van der Waals surface area contributed by atoms with Gasteiger partial charge in [-0.2, -0.15) is 0 Å². The molecule has 0 amide bonds. The van der Waals surface area contributed by atoms with E-state index in [-0.39, 0.29) is 0 Å². The molecule has 0 nitrogen and oxygen atoms in total. The molecule has 0 radical (unpaired) electrons. The van der Waals surface area contributed by atoms with Gasteiger partial charge in [-0.15, -0.1) is 0 Å². The summed E-state index contributed by atoms with van der Waals surface area (Å²) in [6, 6.07) is 0. The molecule has 0 atom stereocenters. The summed E-state index contributed by atoms with van der Waals surface area (Å²) in [6.07, 6.45) is 0. The van der Waals surface area contributed by atoms with Crippen LogP contribution in [0.5, 0.6) is 0 Å². The van der Waals surface area contributed by atoms with E-state index < -0.39 is 6.26 Å². The minimum atomic E-state index is -1.63. The molecule has 50 valence electrons. The van der Waals surface area contributed by atoms with Crippen LogP contribution in [0, 0.1) is 0 Å². The van der Waals surface area contributed by atoms with Crippen LogP contribution < -0.4 is 0 Å². The molecular formula is Br4P2S2. The van der Waals surface area contributed by atoms with Crippen molar-refractivity contribution in [2.75, 3.05) is 0 Å². The molecule has 0 aliphatic carbocycles. The minimum Gasteiger partial charge on any atom is -0.0659 e. The van der Waals surface area contributed by atoms with E-state index in [4.69, 9.17) is 23.6 Å². The van der Waals surface area contributed by atoms with E-state index in [1.807, 2.05) is 0 Å².